The lowest BCUT2D eigenvalue weighted by Crippen LogP contribution is -2.49. The Hall–Kier alpha value is -2.54. The van der Waals surface area contributed by atoms with E-state index in [9.17, 15) is 4.79 Å². The molecule has 0 saturated carbocycles. The summed E-state index contributed by atoms with van der Waals surface area (Å²) in [6.45, 7) is 8.42. The van der Waals surface area contributed by atoms with Gasteiger partial charge in [0.25, 0.3) is 5.91 Å². The van der Waals surface area contributed by atoms with Crippen molar-refractivity contribution in [2.45, 2.75) is 20.4 Å². The lowest BCUT2D eigenvalue weighted by Gasteiger charge is -2.34. The number of aromatic amines is 1. The van der Waals surface area contributed by atoms with Crippen molar-refractivity contribution in [1.82, 2.24) is 14.8 Å². The lowest BCUT2D eigenvalue weighted by molar-refractivity contribution is 0.0615. The van der Waals surface area contributed by atoms with Crippen LogP contribution in [-0.4, -0.2) is 65.1 Å². The van der Waals surface area contributed by atoms with Crippen molar-refractivity contribution in [3.05, 3.63) is 63.8 Å². The van der Waals surface area contributed by atoms with Crippen molar-refractivity contribution >= 4 is 34.1 Å². The molecule has 1 aromatic heterocycles. The molecule has 164 valence electrons. The summed E-state index contributed by atoms with van der Waals surface area (Å²) in [6, 6.07) is 11.7. The van der Waals surface area contributed by atoms with Crippen molar-refractivity contribution in [3.63, 3.8) is 0 Å². The largest absolute Gasteiger partial charge is 0.395 e. The molecule has 1 aliphatic heterocycles. The molecule has 31 heavy (non-hydrogen) atoms. The highest BCUT2D eigenvalue weighted by Gasteiger charge is 2.23. The highest BCUT2D eigenvalue weighted by molar-refractivity contribution is 6.31. The quantitative estimate of drug-likeness (QED) is 0.545. The van der Waals surface area contributed by atoms with Gasteiger partial charge in [-0.1, -0.05) is 29.8 Å². The molecule has 0 radical (unpaired) electrons. The predicted octanol–water partition coefficient (Wildman–Crippen LogP) is 3.80. The van der Waals surface area contributed by atoms with E-state index in [1.165, 1.54) is 0 Å². The number of halogens is 1. The van der Waals surface area contributed by atoms with Crippen LogP contribution in [-0.2, 0) is 6.54 Å². The van der Waals surface area contributed by atoms with Gasteiger partial charge in [0.1, 0.15) is 0 Å². The van der Waals surface area contributed by atoms with Crippen molar-refractivity contribution in [1.29, 1.82) is 0 Å². The number of anilines is 1. The smallest absolute Gasteiger partial charge is 0.254 e. The summed E-state index contributed by atoms with van der Waals surface area (Å²) in [7, 11) is 0. The van der Waals surface area contributed by atoms with Crippen molar-refractivity contribution in [3.8, 4) is 0 Å². The highest BCUT2D eigenvalue weighted by atomic mass is 35.5. The Morgan fingerprint density at radius 2 is 1.90 bits per heavy atom. The molecule has 1 amide bonds. The summed E-state index contributed by atoms with van der Waals surface area (Å²) >= 11 is 6.33. The minimum Gasteiger partial charge on any atom is -0.395 e. The van der Waals surface area contributed by atoms with Gasteiger partial charge in [-0.15, -0.1) is 0 Å². The number of aliphatic hydroxyl groups is 1. The molecule has 6 nitrogen and oxygen atoms in total. The van der Waals surface area contributed by atoms with E-state index in [-0.39, 0.29) is 12.5 Å². The Kier molecular flexibility index (Phi) is 6.51. The first-order valence-electron chi connectivity index (χ1n) is 10.7. The molecule has 1 aliphatic rings. The van der Waals surface area contributed by atoms with E-state index in [0.717, 1.165) is 51.5 Å². The fraction of sp³-hybridized carbons (Fsp3) is 0.375. The van der Waals surface area contributed by atoms with Crippen molar-refractivity contribution in [2.75, 3.05) is 44.6 Å². The van der Waals surface area contributed by atoms with Crippen LogP contribution in [0.3, 0.4) is 0 Å². The Morgan fingerprint density at radius 1 is 1.16 bits per heavy atom. The molecule has 2 aromatic carbocycles. The standard InChI is InChI=1S/C24H29ClN4O2/c1-16-17(2)27-23-20(16)13-19(24(31)29-9-7-28(8-10-29)11-12-30)14-22(23)26-15-18-5-3-4-6-21(18)25/h3-6,13-14,26-27,30H,7-12,15H2,1-2H3. The van der Waals surface area contributed by atoms with Crippen LogP contribution >= 0.6 is 11.6 Å². The Bertz CT molecular complexity index is 1090. The number of aryl methyl sites for hydroxylation is 2. The van der Waals surface area contributed by atoms with E-state index in [1.54, 1.807) is 0 Å². The molecular weight excluding hydrogens is 412 g/mol. The molecule has 4 rings (SSSR count). The summed E-state index contributed by atoms with van der Waals surface area (Å²) < 4.78 is 0. The second-order valence-corrected chi connectivity index (χ2v) is 8.53. The number of hydrogen-bond acceptors (Lipinski definition) is 4. The van der Waals surface area contributed by atoms with Crippen LogP contribution in [0.2, 0.25) is 5.02 Å². The fourth-order valence-electron chi connectivity index (χ4n) is 4.15. The molecular formula is C24H29ClN4O2. The molecule has 0 bridgehead atoms. The Balaban J connectivity index is 1.61. The average Bonchev–Trinajstić information content (AvgIpc) is 3.07. The van der Waals surface area contributed by atoms with E-state index in [4.69, 9.17) is 16.7 Å². The van der Waals surface area contributed by atoms with Crippen LogP contribution in [0.4, 0.5) is 5.69 Å². The maximum atomic E-state index is 13.3. The maximum absolute atomic E-state index is 13.3. The fourth-order valence-corrected chi connectivity index (χ4v) is 4.35. The van der Waals surface area contributed by atoms with E-state index < -0.39 is 0 Å². The SMILES string of the molecule is Cc1[nH]c2c(NCc3ccccc3Cl)cc(C(=O)N3CCN(CCO)CC3)cc2c1C. The number of piperazine rings is 1. The van der Waals surface area contributed by atoms with Crippen molar-refractivity contribution < 1.29 is 9.90 Å². The topological polar surface area (TPSA) is 71.6 Å². The van der Waals surface area contributed by atoms with Crippen LogP contribution in [0.5, 0.6) is 0 Å². The third-order valence-electron chi connectivity index (χ3n) is 6.17. The van der Waals surface area contributed by atoms with Crippen LogP contribution in [0.1, 0.15) is 27.2 Å². The number of carbonyl (C=O) groups excluding carboxylic acids is 1. The third kappa shape index (κ3) is 4.56. The third-order valence-corrected chi connectivity index (χ3v) is 6.54. The second-order valence-electron chi connectivity index (χ2n) is 8.12. The minimum absolute atomic E-state index is 0.0459. The minimum atomic E-state index is 0.0459. The summed E-state index contributed by atoms with van der Waals surface area (Å²) in [4.78, 5) is 20.9. The van der Waals surface area contributed by atoms with Gasteiger partial charge in [0.2, 0.25) is 0 Å². The van der Waals surface area contributed by atoms with Gasteiger partial charge in [0.05, 0.1) is 17.8 Å². The summed E-state index contributed by atoms with van der Waals surface area (Å²) in [6.07, 6.45) is 0. The molecule has 0 atom stereocenters. The average molecular weight is 441 g/mol. The summed E-state index contributed by atoms with van der Waals surface area (Å²) in [5.41, 5.74) is 5.85. The van der Waals surface area contributed by atoms with E-state index in [0.29, 0.717) is 31.7 Å². The number of nitrogens with zero attached hydrogens (tertiary/aromatic N) is 2. The van der Waals surface area contributed by atoms with Crippen LogP contribution < -0.4 is 5.32 Å². The molecule has 7 heteroatoms. The Labute approximate surface area is 187 Å². The van der Waals surface area contributed by atoms with Crippen LogP contribution in [0.25, 0.3) is 10.9 Å². The van der Waals surface area contributed by atoms with E-state index >= 15 is 0 Å². The van der Waals surface area contributed by atoms with Gasteiger partial charge in [0.15, 0.2) is 0 Å². The zero-order valence-corrected chi connectivity index (χ0v) is 18.8. The van der Waals surface area contributed by atoms with Gasteiger partial charge in [-0.3, -0.25) is 9.69 Å². The first kappa shape index (κ1) is 21.7. The monoisotopic (exact) mass is 440 g/mol. The van der Waals surface area contributed by atoms with Gasteiger partial charge < -0.3 is 20.3 Å². The molecule has 0 aliphatic carbocycles. The first-order chi connectivity index (χ1) is 15.0. The number of H-pyrrole nitrogens is 1. The molecule has 2 heterocycles. The molecule has 3 aromatic rings. The van der Waals surface area contributed by atoms with Crippen LogP contribution in [0.15, 0.2) is 36.4 Å². The number of aromatic nitrogens is 1. The normalized spacial score (nSPS) is 14.9. The number of nitrogens with one attached hydrogen (secondary N) is 2. The number of fused-ring (bicyclic) bond motifs is 1. The number of hydrogen-bond donors (Lipinski definition) is 3. The van der Waals surface area contributed by atoms with Gasteiger partial charge in [-0.25, -0.2) is 0 Å². The number of rotatable bonds is 6. The number of aliphatic hydroxyl groups excluding tert-OH is 1. The maximum Gasteiger partial charge on any atom is 0.254 e. The number of benzene rings is 2. The predicted molar refractivity (Wildman–Crippen MR) is 126 cm³/mol. The summed E-state index contributed by atoms with van der Waals surface area (Å²) in [5.74, 6) is 0.0459. The molecule has 3 N–H and O–H groups in total. The number of amides is 1. The molecule has 1 saturated heterocycles. The summed E-state index contributed by atoms with van der Waals surface area (Å²) in [5, 5.41) is 14.4. The molecule has 1 fully saturated rings. The van der Waals surface area contributed by atoms with Gasteiger partial charge in [-0.05, 0) is 43.2 Å². The zero-order valence-electron chi connectivity index (χ0n) is 18.0. The highest BCUT2D eigenvalue weighted by Crippen LogP contribution is 2.31. The van der Waals surface area contributed by atoms with Gasteiger partial charge in [-0.2, -0.15) is 0 Å². The zero-order chi connectivity index (χ0) is 22.0. The number of carbonyl (C=O) groups is 1. The molecule has 0 spiro atoms. The first-order valence-corrected chi connectivity index (χ1v) is 11.1. The van der Waals surface area contributed by atoms with Crippen molar-refractivity contribution in [2.24, 2.45) is 0 Å². The van der Waals surface area contributed by atoms with Gasteiger partial charge >= 0.3 is 0 Å². The Morgan fingerprint density at radius 3 is 2.61 bits per heavy atom. The van der Waals surface area contributed by atoms with Crippen LogP contribution in [0, 0.1) is 13.8 Å². The molecule has 0 unspecified atom stereocenters. The van der Waals surface area contributed by atoms with Gasteiger partial charge in [0, 0.05) is 60.9 Å². The van der Waals surface area contributed by atoms with E-state index in [1.807, 2.05) is 41.3 Å². The number of β-amino-alcohol motifs (C(OH)–C–C–N with tert-alkyl or cyclic N) is 1. The van der Waals surface area contributed by atoms with E-state index in [2.05, 4.69) is 29.0 Å². The lowest BCUT2D eigenvalue weighted by atomic mass is 10.1. The second kappa shape index (κ2) is 9.30.